The lowest BCUT2D eigenvalue weighted by atomic mass is 9.70. The molecule has 0 bridgehead atoms. The highest BCUT2D eigenvalue weighted by Gasteiger charge is 2.42. The molecule has 0 spiro atoms. The number of fused-ring (bicyclic) bond motifs is 3. The van der Waals surface area contributed by atoms with Gasteiger partial charge in [-0.2, -0.15) is 0 Å². The van der Waals surface area contributed by atoms with Crippen LogP contribution in [0.3, 0.4) is 0 Å². The van der Waals surface area contributed by atoms with E-state index in [0.29, 0.717) is 0 Å². The highest BCUT2D eigenvalue weighted by atomic mass is 32.2. The SMILES string of the molecule is Cc1ccc2c(c1)C(CCCCCN(CCSC(=S)N(C)C)CCSC(=S)N(C)C)(CCCCCN(CCSC(=S)N(C)C)CCSC(=S)N(C)C)c1cc(C)ccc1-2. The third-order valence-corrected chi connectivity index (χ3v) is 17.7. The van der Waals surface area contributed by atoms with Gasteiger partial charge in [-0.05, 0) is 74.9 Å². The quantitative estimate of drug-likeness (QED) is 0.0736. The van der Waals surface area contributed by atoms with Crippen molar-refractivity contribution in [3.05, 3.63) is 58.7 Å². The fraction of sp³-hybridized carbons (Fsp3) is 0.644. The Kier molecular flexibility index (Phi) is 24.5. The second-order valence-electron chi connectivity index (χ2n) is 16.5. The predicted octanol–water partition coefficient (Wildman–Crippen LogP) is 10.6. The van der Waals surface area contributed by atoms with Crippen LogP contribution in [0.5, 0.6) is 0 Å². The van der Waals surface area contributed by atoms with E-state index in [-0.39, 0.29) is 5.41 Å². The van der Waals surface area contributed by atoms with Crippen molar-refractivity contribution in [3.63, 3.8) is 0 Å². The van der Waals surface area contributed by atoms with Crippen LogP contribution in [0.4, 0.5) is 0 Å². The first-order chi connectivity index (χ1) is 28.0. The number of hydrogen-bond acceptors (Lipinski definition) is 10. The molecule has 0 amide bonds. The number of benzene rings is 2. The van der Waals surface area contributed by atoms with Crippen LogP contribution in [0.25, 0.3) is 11.1 Å². The predicted molar refractivity (Wildman–Crippen MR) is 287 cm³/mol. The summed E-state index contributed by atoms with van der Waals surface area (Å²) in [6, 6.07) is 14.5. The van der Waals surface area contributed by atoms with Crippen LogP contribution < -0.4 is 0 Å². The molecule has 3 rings (SSSR count). The number of rotatable bonds is 24. The van der Waals surface area contributed by atoms with Gasteiger partial charge in [0.05, 0.1) is 0 Å². The minimum atomic E-state index is 0.0517. The zero-order valence-electron chi connectivity index (χ0n) is 37.6. The molecule has 59 heavy (non-hydrogen) atoms. The molecule has 2 aromatic carbocycles. The van der Waals surface area contributed by atoms with Gasteiger partial charge in [0.1, 0.15) is 17.3 Å². The molecular formula is C45H72N6S8. The van der Waals surface area contributed by atoms with E-state index in [1.807, 2.05) is 76.0 Å². The lowest BCUT2D eigenvalue weighted by Gasteiger charge is -2.33. The highest BCUT2D eigenvalue weighted by molar-refractivity contribution is 8.24. The largest absolute Gasteiger partial charge is 0.364 e. The van der Waals surface area contributed by atoms with E-state index in [1.165, 1.54) is 73.6 Å². The Morgan fingerprint density at radius 1 is 0.441 bits per heavy atom. The summed E-state index contributed by atoms with van der Waals surface area (Å²) in [6.07, 6.45) is 9.69. The van der Waals surface area contributed by atoms with Crippen LogP contribution in [0.15, 0.2) is 36.4 Å². The third kappa shape index (κ3) is 17.8. The van der Waals surface area contributed by atoms with Crippen molar-refractivity contribution in [2.24, 2.45) is 0 Å². The van der Waals surface area contributed by atoms with Gasteiger partial charge in [0.15, 0.2) is 0 Å². The van der Waals surface area contributed by atoms with Crippen LogP contribution in [0.2, 0.25) is 0 Å². The zero-order chi connectivity index (χ0) is 43.5. The van der Waals surface area contributed by atoms with Gasteiger partial charge in [-0.3, -0.25) is 0 Å². The van der Waals surface area contributed by atoms with Crippen molar-refractivity contribution < 1.29 is 0 Å². The van der Waals surface area contributed by atoms with E-state index in [9.17, 15) is 0 Å². The molecule has 0 N–H and O–H groups in total. The number of thioether (sulfide) groups is 4. The minimum Gasteiger partial charge on any atom is -0.364 e. The molecule has 14 heteroatoms. The maximum Gasteiger partial charge on any atom is 0.135 e. The monoisotopic (exact) mass is 952 g/mol. The van der Waals surface area contributed by atoms with E-state index < -0.39 is 0 Å². The van der Waals surface area contributed by atoms with Gasteiger partial charge < -0.3 is 29.4 Å². The second kappa shape index (κ2) is 27.5. The normalized spacial score (nSPS) is 12.7. The molecule has 0 radical (unpaired) electrons. The van der Waals surface area contributed by atoms with Crippen molar-refractivity contribution in [2.45, 2.75) is 70.6 Å². The number of aryl methyl sites for hydroxylation is 2. The smallest absolute Gasteiger partial charge is 0.135 e. The number of nitrogens with zero attached hydrogens (tertiary/aromatic N) is 6. The van der Waals surface area contributed by atoms with E-state index in [0.717, 1.165) is 79.6 Å². The summed E-state index contributed by atoms with van der Waals surface area (Å²) in [7, 11) is 16.3. The van der Waals surface area contributed by atoms with Gasteiger partial charge in [-0.15, -0.1) is 0 Å². The first kappa shape index (κ1) is 52.7. The molecule has 0 aromatic heterocycles. The van der Waals surface area contributed by atoms with Gasteiger partial charge in [0.25, 0.3) is 0 Å². The Bertz CT molecular complexity index is 1480. The van der Waals surface area contributed by atoms with Gasteiger partial charge >= 0.3 is 0 Å². The lowest BCUT2D eigenvalue weighted by Crippen LogP contribution is -2.31. The van der Waals surface area contributed by atoms with Gasteiger partial charge in [0, 0.05) is 111 Å². The van der Waals surface area contributed by atoms with Crippen LogP contribution in [-0.4, -0.2) is 165 Å². The van der Waals surface area contributed by atoms with Crippen LogP contribution in [-0.2, 0) is 5.41 Å². The Morgan fingerprint density at radius 2 is 0.746 bits per heavy atom. The summed E-state index contributed by atoms with van der Waals surface area (Å²) < 4.78 is 3.83. The fourth-order valence-corrected chi connectivity index (χ4v) is 11.6. The maximum atomic E-state index is 5.58. The van der Waals surface area contributed by atoms with Gasteiger partial charge in [-0.1, -0.05) is 169 Å². The fourth-order valence-electron chi connectivity index (χ4n) is 7.50. The summed E-state index contributed by atoms with van der Waals surface area (Å²) >= 11 is 29.5. The molecule has 0 heterocycles. The van der Waals surface area contributed by atoms with E-state index in [4.69, 9.17) is 48.9 Å². The minimum absolute atomic E-state index is 0.0517. The molecule has 330 valence electrons. The first-order valence-corrected chi connectivity index (χ1v) is 26.7. The van der Waals surface area contributed by atoms with Crippen molar-refractivity contribution >= 4 is 113 Å². The average molecular weight is 954 g/mol. The molecule has 0 atom stereocenters. The summed E-state index contributed by atoms with van der Waals surface area (Å²) in [6.45, 7) is 10.9. The lowest BCUT2D eigenvalue weighted by molar-refractivity contribution is 0.293. The highest BCUT2D eigenvalue weighted by Crippen LogP contribution is 2.54. The van der Waals surface area contributed by atoms with Crippen LogP contribution in [0, 0.1) is 13.8 Å². The molecule has 1 aliphatic rings. The van der Waals surface area contributed by atoms with Crippen molar-refractivity contribution in [3.8, 4) is 11.1 Å². The Hall–Kier alpha value is -0.680. The first-order valence-electron chi connectivity index (χ1n) is 21.1. The van der Waals surface area contributed by atoms with Crippen LogP contribution >= 0.6 is 95.9 Å². The van der Waals surface area contributed by atoms with Crippen molar-refractivity contribution in [1.29, 1.82) is 0 Å². The summed E-state index contributed by atoms with van der Waals surface area (Å²) in [5, 5.41) is 0. The number of hydrogen-bond donors (Lipinski definition) is 0. The Morgan fingerprint density at radius 3 is 1.03 bits per heavy atom. The van der Waals surface area contributed by atoms with E-state index in [1.54, 1.807) is 58.2 Å². The molecule has 0 aliphatic heterocycles. The standard InChI is InChI=1S/C45H72N6S8/c1-35-17-19-37-38-20-18-36(2)34-40(38)45(39(37)33-35,21-13-11-15-23-50(25-29-56-41(52)46(3)4)26-30-57-42(53)47(5)6)22-14-12-16-24-51(27-31-58-43(54)48(7)8)28-32-59-44(55)49(9)10/h17-20,33-34H,11-16,21-32H2,1-10H3. The molecule has 0 saturated heterocycles. The second-order valence-corrected chi connectivity index (χ2v) is 23.4. The number of thiocarbonyl (C=S) groups is 4. The molecule has 0 saturated carbocycles. The topological polar surface area (TPSA) is 19.4 Å². The molecule has 6 nitrogen and oxygen atoms in total. The molecule has 0 fully saturated rings. The Balaban J connectivity index is 1.70. The van der Waals surface area contributed by atoms with Crippen molar-refractivity contribution in [2.75, 3.05) is 119 Å². The Labute approximate surface area is 398 Å². The molecule has 0 unspecified atom stereocenters. The van der Waals surface area contributed by atoms with Gasteiger partial charge in [0.2, 0.25) is 0 Å². The summed E-state index contributed by atoms with van der Waals surface area (Å²) in [4.78, 5) is 13.4. The number of unbranched alkanes of at least 4 members (excludes halogenated alkanes) is 4. The average Bonchev–Trinajstić information content (AvgIpc) is 3.43. The maximum absolute atomic E-state index is 5.58. The van der Waals surface area contributed by atoms with Crippen molar-refractivity contribution in [1.82, 2.24) is 29.4 Å². The summed E-state index contributed by atoms with van der Waals surface area (Å²) in [5.74, 6) is 4.06. The summed E-state index contributed by atoms with van der Waals surface area (Å²) in [5.41, 5.74) is 8.80. The molecule has 1 aliphatic carbocycles. The third-order valence-electron chi connectivity index (χ3n) is 10.8. The van der Waals surface area contributed by atoms with Crippen LogP contribution in [0.1, 0.15) is 73.6 Å². The van der Waals surface area contributed by atoms with E-state index in [2.05, 4.69) is 60.0 Å². The van der Waals surface area contributed by atoms with E-state index >= 15 is 0 Å². The zero-order valence-corrected chi connectivity index (χ0v) is 44.2. The molecule has 2 aromatic rings. The van der Waals surface area contributed by atoms with Gasteiger partial charge in [-0.25, -0.2) is 0 Å². The molecular weight excluding hydrogens is 881 g/mol.